The Labute approximate surface area is 120 Å². The van der Waals surface area contributed by atoms with Crippen LogP contribution in [0.2, 0.25) is 10.0 Å². The van der Waals surface area contributed by atoms with Crippen molar-refractivity contribution in [2.75, 3.05) is 6.61 Å². The van der Waals surface area contributed by atoms with E-state index in [2.05, 4.69) is 0 Å². The maximum Gasteiger partial charge on any atom is 0.421 e. The quantitative estimate of drug-likeness (QED) is 0.688. The lowest BCUT2D eigenvalue weighted by molar-refractivity contribution is -0.286. The second-order valence-corrected chi connectivity index (χ2v) is 5.06. The molecule has 0 amide bonds. The Morgan fingerprint density at radius 2 is 1.58 bits per heavy atom. The Morgan fingerprint density at radius 1 is 1.05 bits per heavy atom. The Hall–Kier alpha value is -0.450. The van der Waals surface area contributed by atoms with Crippen LogP contribution in [0.5, 0.6) is 0 Å². The van der Waals surface area contributed by atoms with Crippen LogP contribution in [-0.2, 0) is 10.3 Å². The van der Waals surface area contributed by atoms with Crippen LogP contribution in [0.15, 0.2) is 18.2 Å². The number of hydrogen-bond acceptors (Lipinski definition) is 1. The Bertz CT molecular complexity index is 414. The molecule has 1 atom stereocenters. The zero-order chi connectivity index (χ0) is 14.7. The van der Waals surface area contributed by atoms with Crippen LogP contribution in [-0.4, -0.2) is 12.8 Å². The zero-order valence-electron chi connectivity index (χ0n) is 10.7. The number of rotatable bonds is 5. The van der Waals surface area contributed by atoms with E-state index >= 15 is 0 Å². The molecule has 1 unspecified atom stereocenters. The topological polar surface area (TPSA) is 9.23 Å². The summed E-state index contributed by atoms with van der Waals surface area (Å²) in [5.41, 5.74) is -2.43. The molecule has 0 radical (unpaired) electrons. The smallest absolute Gasteiger partial charge is 0.361 e. The maximum atomic E-state index is 13.4. The molecular weight excluding hydrogens is 300 g/mol. The molecule has 108 valence electrons. The molecular formula is C13H15Cl2F3O. The molecule has 6 heteroatoms. The van der Waals surface area contributed by atoms with Crippen molar-refractivity contribution in [1.82, 2.24) is 0 Å². The van der Waals surface area contributed by atoms with Crippen LogP contribution in [0, 0.1) is 0 Å². The second kappa shape index (κ2) is 6.33. The molecule has 0 aliphatic heterocycles. The fourth-order valence-corrected chi connectivity index (χ4v) is 2.42. The molecule has 0 saturated heterocycles. The third kappa shape index (κ3) is 3.56. The molecule has 0 bridgehead atoms. The van der Waals surface area contributed by atoms with Gasteiger partial charge in [0.2, 0.25) is 0 Å². The average molecular weight is 315 g/mol. The van der Waals surface area contributed by atoms with Crippen molar-refractivity contribution in [2.24, 2.45) is 0 Å². The summed E-state index contributed by atoms with van der Waals surface area (Å²) in [6, 6.07) is 3.89. The molecule has 0 aliphatic carbocycles. The van der Waals surface area contributed by atoms with Crippen LogP contribution >= 0.6 is 23.2 Å². The van der Waals surface area contributed by atoms with Crippen LogP contribution in [0.3, 0.4) is 0 Å². The van der Waals surface area contributed by atoms with E-state index in [1.807, 2.05) is 0 Å². The van der Waals surface area contributed by atoms with Gasteiger partial charge in [-0.2, -0.15) is 13.2 Å². The SMILES string of the molecule is CCCOC(CC)(c1cc(Cl)cc(Cl)c1)C(F)(F)F. The highest BCUT2D eigenvalue weighted by Gasteiger charge is 2.56. The van der Waals surface area contributed by atoms with Gasteiger partial charge in [0, 0.05) is 16.7 Å². The normalized spacial score (nSPS) is 15.3. The van der Waals surface area contributed by atoms with E-state index in [-0.39, 0.29) is 28.6 Å². The molecule has 0 fully saturated rings. The molecule has 0 heterocycles. The summed E-state index contributed by atoms with van der Waals surface area (Å²) in [4.78, 5) is 0. The van der Waals surface area contributed by atoms with Crippen LogP contribution in [0.1, 0.15) is 32.3 Å². The lowest BCUT2D eigenvalue weighted by atomic mass is 9.90. The molecule has 0 spiro atoms. The first-order valence-corrected chi connectivity index (χ1v) is 6.69. The van der Waals surface area contributed by atoms with Gasteiger partial charge in [-0.25, -0.2) is 0 Å². The monoisotopic (exact) mass is 314 g/mol. The molecule has 1 rings (SSSR count). The summed E-state index contributed by atoms with van der Waals surface area (Å²) in [5, 5.41) is 0.314. The summed E-state index contributed by atoms with van der Waals surface area (Å²) in [5.74, 6) is 0. The van der Waals surface area contributed by atoms with Crippen molar-refractivity contribution in [3.63, 3.8) is 0 Å². The van der Waals surface area contributed by atoms with Crippen LogP contribution < -0.4 is 0 Å². The summed E-state index contributed by atoms with van der Waals surface area (Å²) >= 11 is 11.6. The number of ether oxygens (including phenoxy) is 1. The number of hydrogen-bond donors (Lipinski definition) is 0. The number of benzene rings is 1. The number of alkyl halides is 3. The zero-order valence-corrected chi connectivity index (χ0v) is 12.2. The largest absolute Gasteiger partial charge is 0.421 e. The van der Waals surface area contributed by atoms with Crippen molar-refractivity contribution in [3.05, 3.63) is 33.8 Å². The Morgan fingerprint density at radius 3 is 1.95 bits per heavy atom. The summed E-state index contributed by atoms with van der Waals surface area (Å²) in [7, 11) is 0. The first-order valence-electron chi connectivity index (χ1n) is 5.94. The minimum Gasteiger partial charge on any atom is -0.361 e. The van der Waals surface area contributed by atoms with Crippen molar-refractivity contribution in [1.29, 1.82) is 0 Å². The summed E-state index contributed by atoms with van der Waals surface area (Å²) < 4.78 is 45.5. The van der Waals surface area contributed by atoms with Gasteiger partial charge in [0.1, 0.15) is 0 Å². The molecule has 0 saturated carbocycles. The van der Waals surface area contributed by atoms with E-state index in [1.54, 1.807) is 6.92 Å². The predicted molar refractivity (Wildman–Crippen MR) is 70.7 cm³/mol. The van der Waals surface area contributed by atoms with Crippen LogP contribution in [0.25, 0.3) is 0 Å². The van der Waals surface area contributed by atoms with Gasteiger partial charge in [-0.3, -0.25) is 0 Å². The van der Waals surface area contributed by atoms with E-state index < -0.39 is 11.8 Å². The third-order valence-electron chi connectivity index (χ3n) is 2.84. The summed E-state index contributed by atoms with van der Waals surface area (Å²) in [6.45, 7) is 3.19. The highest BCUT2D eigenvalue weighted by atomic mass is 35.5. The standard InChI is InChI=1S/C13H15Cl2F3O/c1-3-5-19-12(4-2,13(16,17)18)9-6-10(14)8-11(15)7-9/h6-8H,3-5H2,1-2H3. The van der Waals surface area contributed by atoms with Gasteiger partial charge >= 0.3 is 6.18 Å². The first kappa shape index (κ1) is 16.6. The van der Waals surface area contributed by atoms with E-state index in [0.29, 0.717) is 6.42 Å². The van der Waals surface area contributed by atoms with Crippen molar-refractivity contribution in [3.8, 4) is 0 Å². The fraction of sp³-hybridized carbons (Fsp3) is 0.538. The first-order chi connectivity index (χ1) is 8.76. The minimum atomic E-state index is -4.54. The molecule has 0 aromatic heterocycles. The Kier molecular flexibility index (Phi) is 5.53. The van der Waals surface area contributed by atoms with Crippen molar-refractivity contribution in [2.45, 2.75) is 38.5 Å². The van der Waals surface area contributed by atoms with E-state index in [9.17, 15) is 13.2 Å². The minimum absolute atomic E-state index is 0.0114. The Balaban J connectivity index is 3.36. The van der Waals surface area contributed by atoms with Gasteiger partial charge in [-0.05, 0) is 36.6 Å². The predicted octanol–water partition coefficient (Wildman–Crippen LogP) is 5.59. The lowest BCUT2D eigenvalue weighted by Crippen LogP contribution is -2.44. The van der Waals surface area contributed by atoms with E-state index in [4.69, 9.17) is 27.9 Å². The average Bonchev–Trinajstić information content (AvgIpc) is 2.27. The number of halogens is 5. The second-order valence-electron chi connectivity index (χ2n) is 4.18. The molecule has 1 aromatic carbocycles. The molecule has 19 heavy (non-hydrogen) atoms. The highest BCUT2D eigenvalue weighted by Crippen LogP contribution is 2.46. The molecule has 1 nitrogen and oxygen atoms in total. The fourth-order valence-electron chi connectivity index (χ4n) is 1.90. The van der Waals surface area contributed by atoms with Crippen molar-refractivity contribution < 1.29 is 17.9 Å². The molecule has 0 N–H and O–H groups in total. The highest BCUT2D eigenvalue weighted by molar-refractivity contribution is 6.34. The van der Waals surface area contributed by atoms with Gasteiger partial charge in [-0.15, -0.1) is 0 Å². The van der Waals surface area contributed by atoms with Gasteiger partial charge < -0.3 is 4.74 Å². The van der Waals surface area contributed by atoms with Gasteiger partial charge in [0.05, 0.1) is 0 Å². The lowest BCUT2D eigenvalue weighted by Gasteiger charge is -2.35. The van der Waals surface area contributed by atoms with Gasteiger partial charge in [-0.1, -0.05) is 37.0 Å². The molecule has 0 aliphatic rings. The third-order valence-corrected chi connectivity index (χ3v) is 3.27. The van der Waals surface area contributed by atoms with Crippen molar-refractivity contribution >= 4 is 23.2 Å². The summed E-state index contributed by atoms with van der Waals surface area (Å²) in [6.07, 6.45) is -4.29. The van der Waals surface area contributed by atoms with Crippen LogP contribution in [0.4, 0.5) is 13.2 Å². The van der Waals surface area contributed by atoms with E-state index in [1.165, 1.54) is 25.1 Å². The van der Waals surface area contributed by atoms with Gasteiger partial charge in [0.15, 0.2) is 5.60 Å². The maximum absolute atomic E-state index is 13.4. The van der Waals surface area contributed by atoms with E-state index in [0.717, 1.165) is 0 Å². The van der Waals surface area contributed by atoms with Gasteiger partial charge in [0.25, 0.3) is 0 Å². The molecule has 1 aromatic rings.